The van der Waals surface area contributed by atoms with Gasteiger partial charge in [0, 0.05) is 6.20 Å². The largest absolute Gasteiger partial charge is 0.257 e. The summed E-state index contributed by atoms with van der Waals surface area (Å²) in [5, 5.41) is 0. The summed E-state index contributed by atoms with van der Waals surface area (Å²) in [6.07, 6.45) is 3.96. The van der Waals surface area contributed by atoms with Crippen molar-refractivity contribution < 1.29 is 0 Å². The third-order valence-electron chi connectivity index (χ3n) is 3.43. The van der Waals surface area contributed by atoms with Crippen LogP contribution < -0.4 is 0 Å². The number of pyridine rings is 1. The van der Waals surface area contributed by atoms with Gasteiger partial charge in [-0.25, -0.2) is 0 Å². The lowest BCUT2D eigenvalue weighted by Gasteiger charge is -2.09. The molecule has 0 radical (unpaired) electrons. The van der Waals surface area contributed by atoms with Gasteiger partial charge in [-0.05, 0) is 41.8 Å². The van der Waals surface area contributed by atoms with Crippen LogP contribution in [0.3, 0.4) is 0 Å². The van der Waals surface area contributed by atoms with Crippen LogP contribution in [0.5, 0.6) is 0 Å². The lowest BCUT2D eigenvalue weighted by atomic mass is 9.96. The molecule has 0 bridgehead atoms. The second kappa shape index (κ2) is 6.19. The molecule has 0 spiro atoms. The minimum atomic E-state index is 0.969. The molecule has 21 heavy (non-hydrogen) atoms. The van der Waals surface area contributed by atoms with Crippen LogP contribution in [0, 0.1) is 6.92 Å². The Morgan fingerprint density at radius 3 is 2.10 bits per heavy atom. The lowest BCUT2D eigenvalue weighted by molar-refractivity contribution is 1.29. The minimum Gasteiger partial charge on any atom is -0.257 e. The number of aromatic nitrogens is 1. The van der Waals surface area contributed by atoms with E-state index in [0.717, 1.165) is 5.69 Å². The standard InChI is InChI=1S/C20H17N/c1-16-10-12-18(13-11-16)20(17-7-3-2-4-8-17)15-19-9-5-6-14-21-19/h2-15H,1H3/b20-15+. The van der Waals surface area contributed by atoms with Crippen molar-refractivity contribution in [2.24, 2.45) is 0 Å². The molecule has 0 aliphatic rings. The second-order valence-electron chi connectivity index (χ2n) is 5.04. The topological polar surface area (TPSA) is 12.9 Å². The van der Waals surface area contributed by atoms with E-state index in [1.807, 2.05) is 30.5 Å². The van der Waals surface area contributed by atoms with E-state index in [1.54, 1.807) is 0 Å². The minimum absolute atomic E-state index is 0.969. The van der Waals surface area contributed by atoms with Crippen LogP contribution in [0.4, 0.5) is 0 Å². The average molecular weight is 271 g/mol. The van der Waals surface area contributed by atoms with Gasteiger partial charge in [0.25, 0.3) is 0 Å². The Hall–Kier alpha value is -2.67. The monoisotopic (exact) mass is 271 g/mol. The first-order valence-electron chi connectivity index (χ1n) is 7.08. The first-order chi connectivity index (χ1) is 10.3. The van der Waals surface area contributed by atoms with E-state index in [2.05, 4.69) is 66.5 Å². The lowest BCUT2D eigenvalue weighted by Crippen LogP contribution is -1.89. The fourth-order valence-electron chi connectivity index (χ4n) is 2.29. The van der Waals surface area contributed by atoms with Crippen LogP contribution in [0.25, 0.3) is 11.6 Å². The molecule has 1 heterocycles. The summed E-state index contributed by atoms with van der Waals surface area (Å²) in [6.45, 7) is 2.11. The maximum absolute atomic E-state index is 4.41. The van der Waals surface area contributed by atoms with E-state index >= 15 is 0 Å². The molecule has 1 heteroatoms. The highest BCUT2D eigenvalue weighted by Crippen LogP contribution is 2.25. The molecule has 0 aliphatic carbocycles. The van der Waals surface area contributed by atoms with Crippen LogP contribution in [-0.2, 0) is 0 Å². The number of hydrogen-bond acceptors (Lipinski definition) is 1. The highest BCUT2D eigenvalue weighted by Gasteiger charge is 2.05. The van der Waals surface area contributed by atoms with Gasteiger partial charge < -0.3 is 0 Å². The van der Waals surface area contributed by atoms with Crippen LogP contribution in [-0.4, -0.2) is 4.98 Å². The van der Waals surface area contributed by atoms with Crippen LogP contribution in [0.2, 0.25) is 0 Å². The highest BCUT2D eigenvalue weighted by molar-refractivity contribution is 5.90. The molecule has 0 atom stereocenters. The van der Waals surface area contributed by atoms with Crippen LogP contribution in [0.1, 0.15) is 22.4 Å². The molecule has 2 aromatic carbocycles. The van der Waals surface area contributed by atoms with Crippen molar-refractivity contribution in [3.05, 3.63) is 101 Å². The molecular formula is C20H17N. The molecule has 0 amide bonds. The van der Waals surface area contributed by atoms with Crippen molar-refractivity contribution in [3.63, 3.8) is 0 Å². The Kier molecular flexibility index (Phi) is 3.92. The zero-order chi connectivity index (χ0) is 14.5. The predicted molar refractivity (Wildman–Crippen MR) is 88.8 cm³/mol. The van der Waals surface area contributed by atoms with Gasteiger partial charge in [-0.1, -0.05) is 66.2 Å². The third-order valence-corrected chi connectivity index (χ3v) is 3.43. The second-order valence-corrected chi connectivity index (χ2v) is 5.04. The number of rotatable bonds is 3. The summed E-state index contributed by atoms with van der Waals surface area (Å²) in [5.41, 5.74) is 5.83. The quantitative estimate of drug-likeness (QED) is 0.654. The van der Waals surface area contributed by atoms with Gasteiger partial charge >= 0.3 is 0 Å². The molecule has 102 valence electrons. The summed E-state index contributed by atoms with van der Waals surface area (Å²) < 4.78 is 0. The molecule has 1 nitrogen and oxygen atoms in total. The SMILES string of the molecule is Cc1ccc(/C(=C/c2ccccn2)c2ccccc2)cc1. The smallest absolute Gasteiger partial charge is 0.0636 e. The maximum atomic E-state index is 4.41. The van der Waals surface area contributed by atoms with E-state index in [4.69, 9.17) is 0 Å². The van der Waals surface area contributed by atoms with Gasteiger partial charge in [-0.15, -0.1) is 0 Å². The maximum Gasteiger partial charge on any atom is 0.0636 e. The fourth-order valence-corrected chi connectivity index (χ4v) is 2.29. The molecule has 0 aliphatic heterocycles. The molecule has 1 aromatic heterocycles. The summed E-state index contributed by atoms with van der Waals surface area (Å²) in [6, 6.07) is 25.0. The number of benzene rings is 2. The number of aryl methyl sites for hydroxylation is 1. The normalized spacial score (nSPS) is 11.4. The fraction of sp³-hybridized carbons (Fsp3) is 0.0500. The van der Waals surface area contributed by atoms with Crippen molar-refractivity contribution >= 4 is 11.6 Å². The zero-order valence-electron chi connectivity index (χ0n) is 12.0. The molecule has 0 saturated heterocycles. The van der Waals surface area contributed by atoms with Gasteiger partial charge in [-0.3, -0.25) is 4.98 Å². The molecule has 0 fully saturated rings. The molecule has 0 saturated carbocycles. The average Bonchev–Trinajstić information content (AvgIpc) is 2.55. The Morgan fingerprint density at radius 2 is 1.43 bits per heavy atom. The van der Waals surface area contributed by atoms with Gasteiger partial charge in [0.2, 0.25) is 0 Å². The first-order valence-corrected chi connectivity index (χ1v) is 7.08. The number of hydrogen-bond donors (Lipinski definition) is 0. The molecule has 3 aromatic rings. The van der Waals surface area contributed by atoms with Crippen molar-refractivity contribution in [3.8, 4) is 0 Å². The van der Waals surface area contributed by atoms with Crippen molar-refractivity contribution in [1.82, 2.24) is 4.98 Å². The van der Waals surface area contributed by atoms with Gasteiger partial charge in [0.1, 0.15) is 0 Å². The third kappa shape index (κ3) is 3.26. The summed E-state index contributed by atoms with van der Waals surface area (Å²) in [5.74, 6) is 0. The summed E-state index contributed by atoms with van der Waals surface area (Å²) in [4.78, 5) is 4.41. The van der Waals surface area contributed by atoms with E-state index in [1.165, 1.54) is 22.3 Å². The summed E-state index contributed by atoms with van der Waals surface area (Å²) >= 11 is 0. The Labute approximate surface area is 125 Å². The highest BCUT2D eigenvalue weighted by atomic mass is 14.6. The number of nitrogens with zero attached hydrogens (tertiary/aromatic N) is 1. The van der Waals surface area contributed by atoms with E-state index < -0.39 is 0 Å². The van der Waals surface area contributed by atoms with Gasteiger partial charge in [0.15, 0.2) is 0 Å². The van der Waals surface area contributed by atoms with Gasteiger partial charge in [-0.2, -0.15) is 0 Å². The van der Waals surface area contributed by atoms with Gasteiger partial charge in [0.05, 0.1) is 5.69 Å². The Bertz CT molecular complexity index is 726. The first kappa shape index (κ1) is 13.3. The Morgan fingerprint density at radius 1 is 0.762 bits per heavy atom. The predicted octanol–water partition coefficient (Wildman–Crippen LogP) is 4.98. The zero-order valence-corrected chi connectivity index (χ0v) is 12.0. The Balaban J connectivity index is 2.12. The van der Waals surface area contributed by atoms with Crippen LogP contribution >= 0.6 is 0 Å². The van der Waals surface area contributed by atoms with Crippen molar-refractivity contribution in [1.29, 1.82) is 0 Å². The van der Waals surface area contributed by atoms with Crippen molar-refractivity contribution in [2.75, 3.05) is 0 Å². The van der Waals surface area contributed by atoms with E-state index in [-0.39, 0.29) is 0 Å². The molecule has 0 unspecified atom stereocenters. The van der Waals surface area contributed by atoms with E-state index in [9.17, 15) is 0 Å². The van der Waals surface area contributed by atoms with Crippen molar-refractivity contribution in [2.45, 2.75) is 6.92 Å². The van der Waals surface area contributed by atoms with E-state index in [0.29, 0.717) is 0 Å². The molecular weight excluding hydrogens is 254 g/mol. The van der Waals surface area contributed by atoms with Crippen LogP contribution in [0.15, 0.2) is 79.0 Å². The molecule has 3 rings (SSSR count). The molecule has 0 N–H and O–H groups in total. The summed E-state index contributed by atoms with van der Waals surface area (Å²) in [7, 11) is 0.